The maximum absolute atomic E-state index is 13.8. The van der Waals surface area contributed by atoms with E-state index in [1.54, 1.807) is 6.08 Å². The lowest BCUT2D eigenvalue weighted by atomic mass is 9.83. The minimum Gasteiger partial charge on any atom is -0.479 e. The Labute approximate surface area is 213 Å². The summed E-state index contributed by atoms with van der Waals surface area (Å²) in [6, 6.07) is 16.1. The number of rotatable bonds is 8. The summed E-state index contributed by atoms with van der Waals surface area (Å²) in [6.45, 7) is 2.13. The van der Waals surface area contributed by atoms with Crippen LogP contribution in [0, 0.1) is 0 Å². The smallest absolute Gasteiger partial charge is 0.335 e. The second kappa shape index (κ2) is 8.99. The Balaban J connectivity index is 1.38. The van der Waals surface area contributed by atoms with Crippen molar-refractivity contribution in [3.05, 3.63) is 87.9 Å². The van der Waals surface area contributed by atoms with Crippen LogP contribution in [0.2, 0.25) is 0 Å². The fourth-order valence-electron chi connectivity index (χ4n) is 5.81. The number of allylic oxidation sites excluding steroid dienone is 1. The average Bonchev–Trinajstić information content (AvgIpc) is 3.57. The molecule has 2 aliphatic heterocycles. The van der Waals surface area contributed by atoms with E-state index in [0.717, 1.165) is 53.6 Å². The van der Waals surface area contributed by atoms with Crippen molar-refractivity contribution < 1.29 is 9.90 Å². The molecule has 9 heteroatoms. The lowest BCUT2D eigenvalue weighted by molar-refractivity contribution is -0.148. The van der Waals surface area contributed by atoms with Crippen molar-refractivity contribution in [1.82, 2.24) is 30.0 Å². The van der Waals surface area contributed by atoms with Gasteiger partial charge in [-0.2, -0.15) is 0 Å². The number of carbonyl (C=O) groups is 1. The van der Waals surface area contributed by atoms with Crippen molar-refractivity contribution in [3.8, 4) is 22.5 Å². The molecule has 4 heterocycles. The van der Waals surface area contributed by atoms with E-state index >= 15 is 0 Å². The zero-order chi connectivity index (χ0) is 25.6. The molecule has 2 unspecified atom stereocenters. The highest BCUT2D eigenvalue weighted by atomic mass is 16.4. The first kappa shape index (κ1) is 23.1. The van der Waals surface area contributed by atoms with E-state index in [0.29, 0.717) is 24.2 Å². The van der Waals surface area contributed by atoms with Gasteiger partial charge in [0.05, 0.1) is 6.04 Å². The van der Waals surface area contributed by atoms with Gasteiger partial charge in [0.15, 0.2) is 11.4 Å². The third-order valence-electron chi connectivity index (χ3n) is 7.71. The number of aromatic nitrogens is 6. The van der Waals surface area contributed by atoms with Crippen LogP contribution in [-0.2, 0) is 23.2 Å². The number of benzene rings is 2. The van der Waals surface area contributed by atoms with Gasteiger partial charge in [0, 0.05) is 23.2 Å². The first-order valence-corrected chi connectivity index (χ1v) is 12.7. The highest BCUT2D eigenvalue weighted by Crippen LogP contribution is 2.42. The highest BCUT2D eigenvalue weighted by molar-refractivity contribution is 5.81. The van der Waals surface area contributed by atoms with Gasteiger partial charge >= 0.3 is 5.97 Å². The van der Waals surface area contributed by atoms with Gasteiger partial charge in [-0.25, -0.2) is 14.6 Å². The summed E-state index contributed by atoms with van der Waals surface area (Å²) in [5.41, 5.74) is 4.12. The van der Waals surface area contributed by atoms with Crippen LogP contribution in [0.1, 0.15) is 55.5 Å². The van der Waals surface area contributed by atoms with Crippen LogP contribution >= 0.6 is 0 Å². The molecule has 2 bridgehead atoms. The third kappa shape index (κ3) is 3.64. The van der Waals surface area contributed by atoms with Gasteiger partial charge in [-0.05, 0) is 58.9 Å². The van der Waals surface area contributed by atoms with Gasteiger partial charge in [-0.15, -0.1) is 5.10 Å². The second-order valence-corrected chi connectivity index (χ2v) is 9.85. The number of hydrogen-bond donors (Lipinski definition) is 2. The molecule has 0 fully saturated rings. The number of unbranched alkanes of at least 4 members (excludes halogenated alkanes) is 1. The van der Waals surface area contributed by atoms with E-state index in [-0.39, 0.29) is 11.6 Å². The molecular weight excluding hydrogens is 468 g/mol. The van der Waals surface area contributed by atoms with E-state index < -0.39 is 11.5 Å². The van der Waals surface area contributed by atoms with Crippen molar-refractivity contribution in [1.29, 1.82) is 0 Å². The summed E-state index contributed by atoms with van der Waals surface area (Å²) >= 11 is 0. The Hall–Kier alpha value is -4.27. The maximum Gasteiger partial charge on any atom is 0.335 e. The van der Waals surface area contributed by atoms with Gasteiger partial charge in [0.2, 0.25) is 0 Å². The van der Waals surface area contributed by atoms with Crippen LogP contribution in [0.25, 0.3) is 22.5 Å². The Kier molecular flexibility index (Phi) is 5.62. The van der Waals surface area contributed by atoms with Crippen molar-refractivity contribution in [2.45, 2.75) is 57.0 Å². The summed E-state index contributed by atoms with van der Waals surface area (Å²) in [5, 5.41) is 24.4. The topological polar surface area (TPSA) is 119 Å². The molecule has 7 rings (SSSR count). The van der Waals surface area contributed by atoms with Crippen LogP contribution in [0.5, 0.6) is 0 Å². The number of H-pyrrole nitrogens is 1. The molecule has 3 aliphatic rings. The molecule has 0 spiro atoms. The van der Waals surface area contributed by atoms with Gasteiger partial charge in [0.25, 0.3) is 5.56 Å². The quantitative estimate of drug-likeness (QED) is 0.354. The van der Waals surface area contributed by atoms with Gasteiger partial charge in [0.1, 0.15) is 0 Å². The summed E-state index contributed by atoms with van der Waals surface area (Å²) in [6.07, 6.45) is 8.00. The fourth-order valence-corrected chi connectivity index (χ4v) is 5.81. The SMILES string of the molecule is CCCCc1c(Cc2ccc(-c3ccccc3-c3nnn[nH]3)cc2)c(=O)n2n1C1C=CC2(C(=O)O)CC1. The van der Waals surface area contributed by atoms with Crippen molar-refractivity contribution >= 4 is 5.97 Å². The monoisotopic (exact) mass is 496 g/mol. The first-order valence-electron chi connectivity index (χ1n) is 12.7. The normalized spacial score (nSPS) is 19.8. The number of carboxylic acids is 1. The molecule has 1 aliphatic carbocycles. The summed E-state index contributed by atoms with van der Waals surface area (Å²) < 4.78 is 3.51. The van der Waals surface area contributed by atoms with Crippen LogP contribution in [0.3, 0.4) is 0 Å². The minimum absolute atomic E-state index is 0.0268. The standard InChI is InChI=1S/C28H28N6O3/c1-2-3-8-24-23(26(35)34-28(27(36)37)15-13-20(14-16-28)33(24)34)17-18-9-11-19(12-10-18)21-6-4-5-7-22(21)25-29-31-32-30-25/h4-7,9-13,15,20H,2-3,8,14,16-17H2,1H3,(H,36,37)(H,29,30,31,32). The molecule has 0 saturated heterocycles. The lowest BCUT2D eigenvalue weighted by Gasteiger charge is -2.42. The Morgan fingerprint density at radius 3 is 2.59 bits per heavy atom. The molecule has 188 valence electrons. The van der Waals surface area contributed by atoms with Crippen molar-refractivity contribution in [2.24, 2.45) is 0 Å². The Morgan fingerprint density at radius 1 is 1.16 bits per heavy atom. The molecule has 4 aromatic rings. The molecule has 0 saturated carbocycles. The fraction of sp³-hybridized carbons (Fsp3) is 0.321. The van der Waals surface area contributed by atoms with Crippen LogP contribution < -0.4 is 5.56 Å². The summed E-state index contributed by atoms with van der Waals surface area (Å²) in [5.74, 6) is -0.371. The molecule has 2 aromatic carbocycles. The molecule has 0 amide bonds. The first-order chi connectivity index (χ1) is 18.0. The lowest BCUT2D eigenvalue weighted by Crippen LogP contribution is -2.54. The van der Waals surface area contributed by atoms with Gasteiger partial charge in [-0.1, -0.05) is 68.0 Å². The molecule has 2 aromatic heterocycles. The molecule has 2 atom stereocenters. The van der Waals surface area contributed by atoms with Crippen molar-refractivity contribution in [3.63, 3.8) is 0 Å². The number of tetrazole rings is 1. The van der Waals surface area contributed by atoms with E-state index in [4.69, 9.17) is 0 Å². The van der Waals surface area contributed by atoms with Crippen LogP contribution in [0.15, 0.2) is 65.5 Å². The third-order valence-corrected chi connectivity index (χ3v) is 7.71. The molecule has 0 radical (unpaired) electrons. The molecule has 37 heavy (non-hydrogen) atoms. The molecule has 9 nitrogen and oxygen atoms in total. The van der Waals surface area contributed by atoms with E-state index in [1.165, 1.54) is 4.68 Å². The number of fused-ring (bicyclic) bond motifs is 1. The number of carboxylic acid groups (broad SMARTS) is 1. The highest BCUT2D eigenvalue weighted by Gasteiger charge is 2.49. The summed E-state index contributed by atoms with van der Waals surface area (Å²) in [4.78, 5) is 26.2. The number of aromatic amines is 1. The van der Waals surface area contributed by atoms with Gasteiger partial charge in [-0.3, -0.25) is 9.48 Å². The van der Waals surface area contributed by atoms with Gasteiger partial charge < -0.3 is 5.11 Å². The zero-order valence-corrected chi connectivity index (χ0v) is 20.6. The Morgan fingerprint density at radius 2 is 1.95 bits per heavy atom. The van der Waals surface area contributed by atoms with Crippen LogP contribution in [0.4, 0.5) is 0 Å². The van der Waals surface area contributed by atoms with E-state index in [2.05, 4.69) is 27.5 Å². The van der Waals surface area contributed by atoms with Crippen molar-refractivity contribution in [2.75, 3.05) is 0 Å². The Bertz CT molecular complexity index is 1550. The zero-order valence-electron chi connectivity index (χ0n) is 20.6. The number of nitrogens with zero attached hydrogens (tertiary/aromatic N) is 5. The van der Waals surface area contributed by atoms with Crippen LogP contribution in [-0.4, -0.2) is 41.1 Å². The number of hydrogen-bond acceptors (Lipinski definition) is 5. The molecule has 2 N–H and O–H groups in total. The minimum atomic E-state index is -1.30. The number of aliphatic carboxylic acids is 1. The predicted octanol–water partition coefficient (Wildman–Crippen LogP) is 4.11. The maximum atomic E-state index is 13.8. The average molecular weight is 497 g/mol. The van der Waals surface area contributed by atoms with E-state index in [9.17, 15) is 14.7 Å². The second-order valence-electron chi connectivity index (χ2n) is 9.85. The number of nitrogens with one attached hydrogen (secondary N) is 1. The predicted molar refractivity (Wildman–Crippen MR) is 138 cm³/mol. The summed E-state index contributed by atoms with van der Waals surface area (Å²) in [7, 11) is 0. The molecular formula is C28H28N6O3. The van der Waals surface area contributed by atoms with E-state index in [1.807, 2.05) is 59.3 Å². The largest absolute Gasteiger partial charge is 0.479 e.